The zero-order chi connectivity index (χ0) is 15.4. The van der Waals surface area contributed by atoms with Gasteiger partial charge in [0.15, 0.2) is 5.78 Å². The number of hydrogen-bond acceptors (Lipinski definition) is 3. The molecule has 0 heterocycles. The summed E-state index contributed by atoms with van der Waals surface area (Å²) in [5, 5.41) is 9.13. The van der Waals surface area contributed by atoms with E-state index in [1.807, 2.05) is 13.0 Å². The summed E-state index contributed by atoms with van der Waals surface area (Å²) in [5.41, 5.74) is -0.0513. The number of nitrogens with zero attached hydrogens (tertiary/aromatic N) is 1. The third-order valence-corrected chi connectivity index (χ3v) is 3.81. The van der Waals surface area contributed by atoms with Crippen LogP contribution in [0.3, 0.4) is 0 Å². The van der Waals surface area contributed by atoms with E-state index in [0.29, 0.717) is 12.7 Å². The van der Waals surface area contributed by atoms with E-state index in [2.05, 4.69) is 0 Å². The summed E-state index contributed by atoms with van der Waals surface area (Å²) in [7, 11) is 0. The molecule has 1 atom stereocenters. The lowest BCUT2D eigenvalue weighted by Crippen LogP contribution is -2.33. The van der Waals surface area contributed by atoms with Crippen LogP contribution in [0.15, 0.2) is 18.2 Å². The van der Waals surface area contributed by atoms with Crippen LogP contribution in [0.25, 0.3) is 0 Å². The van der Waals surface area contributed by atoms with Gasteiger partial charge in [-0.3, -0.25) is 4.79 Å². The number of ether oxygens (including phenoxy) is 1. The molecule has 0 amide bonds. The van der Waals surface area contributed by atoms with Crippen LogP contribution in [0.1, 0.15) is 37.7 Å². The molecule has 0 spiro atoms. The summed E-state index contributed by atoms with van der Waals surface area (Å²) in [4.78, 5) is 12.2. The van der Waals surface area contributed by atoms with Crippen molar-refractivity contribution in [3.05, 3.63) is 35.4 Å². The summed E-state index contributed by atoms with van der Waals surface area (Å²) in [6.45, 7) is 2.56. The van der Waals surface area contributed by atoms with E-state index >= 15 is 0 Å². The lowest BCUT2D eigenvalue weighted by molar-refractivity contribution is -0.122. The number of benzene rings is 1. The molecule has 1 aliphatic carbocycles. The van der Waals surface area contributed by atoms with Crippen LogP contribution in [-0.2, 0) is 9.53 Å². The van der Waals surface area contributed by atoms with E-state index in [1.165, 1.54) is 6.07 Å². The van der Waals surface area contributed by atoms with E-state index in [0.717, 1.165) is 18.9 Å². The van der Waals surface area contributed by atoms with E-state index in [1.54, 1.807) is 0 Å². The van der Waals surface area contributed by atoms with Crippen LogP contribution >= 0.6 is 0 Å². The Hall–Kier alpha value is -1.80. The summed E-state index contributed by atoms with van der Waals surface area (Å²) >= 11 is 0. The first-order valence-corrected chi connectivity index (χ1v) is 7.04. The molecule has 1 aliphatic rings. The number of ketones is 1. The van der Waals surface area contributed by atoms with Crippen LogP contribution in [0.5, 0.6) is 0 Å². The number of nitriles is 1. The third kappa shape index (κ3) is 3.64. The van der Waals surface area contributed by atoms with Gasteiger partial charge in [0.25, 0.3) is 0 Å². The van der Waals surface area contributed by atoms with Crippen molar-refractivity contribution in [2.75, 3.05) is 6.61 Å². The van der Waals surface area contributed by atoms with E-state index < -0.39 is 17.6 Å². The molecule has 1 unspecified atom stereocenters. The highest BCUT2D eigenvalue weighted by Crippen LogP contribution is 2.35. The minimum atomic E-state index is -1.17. The molecule has 1 aromatic carbocycles. The Morgan fingerprint density at radius 3 is 2.76 bits per heavy atom. The Morgan fingerprint density at radius 1 is 1.48 bits per heavy atom. The van der Waals surface area contributed by atoms with Crippen LogP contribution < -0.4 is 0 Å². The van der Waals surface area contributed by atoms with Gasteiger partial charge in [-0.15, -0.1) is 0 Å². The maximum absolute atomic E-state index is 13.7. The van der Waals surface area contributed by atoms with Crippen molar-refractivity contribution < 1.29 is 18.3 Å². The van der Waals surface area contributed by atoms with Crippen molar-refractivity contribution in [2.45, 2.75) is 38.2 Å². The molecule has 0 saturated heterocycles. The zero-order valence-corrected chi connectivity index (χ0v) is 11.8. The molecule has 21 heavy (non-hydrogen) atoms. The molecular formula is C16H17F2NO2. The van der Waals surface area contributed by atoms with Crippen LogP contribution in [-0.4, -0.2) is 18.5 Å². The quantitative estimate of drug-likeness (QED) is 0.808. The molecule has 1 saturated carbocycles. The van der Waals surface area contributed by atoms with Crippen molar-refractivity contribution in [1.29, 1.82) is 5.26 Å². The number of hydrogen-bond donors (Lipinski definition) is 0. The number of carbonyl (C=O) groups is 1. The SMILES string of the molecule is CCOC1CC(CC(=O)C(C#N)c2ccc(F)cc2F)C1. The summed E-state index contributed by atoms with van der Waals surface area (Å²) < 4.78 is 32.0. The van der Waals surface area contributed by atoms with Crippen molar-refractivity contribution in [2.24, 2.45) is 5.92 Å². The van der Waals surface area contributed by atoms with E-state index in [9.17, 15) is 13.6 Å². The summed E-state index contributed by atoms with van der Waals surface area (Å²) in [6.07, 6.45) is 2.02. The van der Waals surface area contributed by atoms with Crippen molar-refractivity contribution in [3.63, 3.8) is 0 Å². The Labute approximate surface area is 122 Å². The maximum Gasteiger partial charge on any atom is 0.154 e. The van der Waals surface area contributed by atoms with Crippen LogP contribution in [0, 0.1) is 28.9 Å². The molecule has 0 radical (unpaired) electrons. The average Bonchev–Trinajstić information content (AvgIpc) is 2.39. The first kappa shape index (κ1) is 15.6. The highest BCUT2D eigenvalue weighted by atomic mass is 19.1. The fraction of sp³-hybridized carbons (Fsp3) is 0.500. The second-order valence-electron chi connectivity index (χ2n) is 5.31. The highest BCUT2D eigenvalue weighted by molar-refractivity contribution is 5.88. The molecular weight excluding hydrogens is 276 g/mol. The lowest BCUT2D eigenvalue weighted by Gasteiger charge is -2.34. The van der Waals surface area contributed by atoms with E-state index in [-0.39, 0.29) is 29.8 Å². The van der Waals surface area contributed by atoms with Crippen LogP contribution in [0.4, 0.5) is 8.78 Å². The normalized spacial score (nSPS) is 22.2. The predicted molar refractivity (Wildman–Crippen MR) is 72.5 cm³/mol. The van der Waals surface area contributed by atoms with Gasteiger partial charge in [-0.05, 0) is 31.7 Å². The first-order valence-electron chi connectivity index (χ1n) is 7.04. The Balaban J connectivity index is 1.98. The summed E-state index contributed by atoms with van der Waals surface area (Å²) in [6, 6.07) is 4.75. The van der Waals surface area contributed by atoms with Crippen LogP contribution in [0.2, 0.25) is 0 Å². The molecule has 3 nitrogen and oxygen atoms in total. The molecule has 0 aliphatic heterocycles. The second kappa shape index (κ2) is 6.77. The molecule has 0 N–H and O–H groups in total. The van der Waals surface area contributed by atoms with Gasteiger partial charge in [-0.25, -0.2) is 8.78 Å². The number of rotatable bonds is 6. The van der Waals surface area contributed by atoms with Gasteiger partial charge in [0, 0.05) is 24.7 Å². The molecule has 1 aromatic rings. The fourth-order valence-corrected chi connectivity index (χ4v) is 2.67. The summed E-state index contributed by atoms with van der Waals surface area (Å²) in [5.74, 6) is -2.87. The van der Waals surface area contributed by atoms with Gasteiger partial charge in [0.05, 0.1) is 12.2 Å². The molecule has 0 bridgehead atoms. The fourth-order valence-electron chi connectivity index (χ4n) is 2.67. The number of halogens is 2. The van der Waals surface area contributed by atoms with Gasteiger partial charge < -0.3 is 4.74 Å². The topological polar surface area (TPSA) is 50.1 Å². The first-order chi connectivity index (χ1) is 10.0. The van der Waals surface area contributed by atoms with Crippen molar-refractivity contribution in [1.82, 2.24) is 0 Å². The van der Waals surface area contributed by atoms with Crippen molar-refractivity contribution in [3.8, 4) is 6.07 Å². The maximum atomic E-state index is 13.7. The molecule has 2 rings (SSSR count). The highest BCUT2D eigenvalue weighted by Gasteiger charge is 2.34. The van der Waals surface area contributed by atoms with Gasteiger partial charge in [-0.2, -0.15) is 5.26 Å². The Kier molecular flexibility index (Phi) is 5.03. The van der Waals surface area contributed by atoms with E-state index in [4.69, 9.17) is 10.00 Å². The Bertz CT molecular complexity index is 562. The monoisotopic (exact) mass is 293 g/mol. The molecule has 1 fully saturated rings. The number of carbonyl (C=O) groups excluding carboxylic acids is 1. The number of Topliss-reactive ketones (excluding diaryl/α,β-unsaturated/α-hetero) is 1. The van der Waals surface area contributed by atoms with Gasteiger partial charge in [0.1, 0.15) is 17.6 Å². The average molecular weight is 293 g/mol. The molecule has 5 heteroatoms. The lowest BCUT2D eigenvalue weighted by atomic mass is 9.77. The smallest absolute Gasteiger partial charge is 0.154 e. The minimum Gasteiger partial charge on any atom is -0.378 e. The standard InChI is InChI=1S/C16H17F2NO2/c1-2-21-12-5-10(6-12)7-16(20)14(9-19)13-4-3-11(17)8-15(13)18/h3-4,8,10,12,14H,2,5-7H2,1H3. The molecule has 112 valence electrons. The third-order valence-electron chi connectivity index (χ3n) is 3.81. The zero-order valence-electron chi connectivity index (χ0n) is 11.8. The van der Waals surface area contributed by atoms with Gasteiger partial charge in [-0.1, -0.05) is 6.07 Å². The minimum absolute atomic E-state index is 0.0513. The van der Waals surface area contributed by atoms with Crippen molar-refractivity contribution >= 4 is 5.78 Å². The molecule has 0 aromatic heterocycles. The largest absolute Gasteiger partial charge is 0.378 e. The van der Waals surface area contributed by atoms with Gasteiger partial charge >= 0.3 is 0 Å². The predicted octanol–water partition coefficient (Wildman–Crippen LogP) is 3.35. The Morgan fingerprint density at radius 2 is 2.19 bits per heavy atom. The van der Waals surface area contributed by atoms with Gasteiger partial charge in [0.2, 0.25) is 0 Å². The second-order valence-corrected chi connectivity index (χ2v) is 5.31.